The van der Waals surface area contributed by atoms with Crippen molar-refractivity contribution in [2.24, 2.45) is 0 Å². The molecule has 0 saturated carbocycles. The number of nitro benzene ring substituents is 1. The Labute approximate surface area is 133 Å². The Kier molecular flexibility index (Phi) is 3.75. The Morgan fingerprint density at radius 3 is 2.74 bits per heavy atom. The van der Waals surface area contributed by atoms with Gasteiger partial charge in [0.25, 0.3) is 5.69 Å². The minimum absolute atomic E-state index is 0.0559. The molecule has 2 aromatic rings. The van der Waals surface area contributed by atoms with E-state index in [0.29, 0.717) is 5.56 Å². The van der Waals surface area contributed by atoms with Crippen molar-refractivity contribution in [2.45, 2.75) is 19.9 Å². The Hall–Kier alpha value is -2.86. The highest BCUT2D eigenvalue weighted by Crippen LogP contribution is 2.32. The first-order chi connectivity index (χ1) is 11.0. The average Bonchev–Trinajstić information content (AvgIpc) is 3.00. The van der Waals surface area contributed by atoms with E-state index >= 15 is 0 Å². The standard InChI is InChI=1S/C17H17N3O3/c1-10-6-11(2)17(21)14(7-10)16-9-15(18-19-16)12-4-3-5-13(8-12)20(22)23/h3-9,15,18-19,21H,1-2H3/t15-/m1/s1. The largest absolute Gasteiger partial charge is 0.507 e. The third-order valence-corrected chi connectivity index (χ3v) is 3.87. The van der Waals surface area contributed by atoms with Crippen molar-refractivity contribution < 1.29 is 10.0 Å². The van der Waals surface area contributed by atoms with Gasteiger partial charge in [0.05, 0.1) is 16.7 Å². The number of benzene rings is 2. The number of hydrazine groups is 1. The van der Waals surface area contributed by atoms with E-state index in [9.17, 15) is 15.2 Å². The highest BCUT2D eigenvalue weighted by atomic mass is 16.6. The van der Waals surface area contributed by atoms with Crippen molar-refractivity contribution in [3.8, 4) is 5.75 Å². The Morgan fingerprint density at radius 2 is 2.00 bits per heavy atom. The number of phenols is 1. The summed E-state index contributed by atoms with van der Waals surface area (Å²) in [4.78, 5) is 10.5. The molecule has 0 aromatic heterocycles. The fourth-order valence-corrected chi connectivity index (χ4v) is 2.74. The summed E-state index contributed by atoms with van der Waals surface area (Å²) in [7, 11) is 0. The lowest BCUT2D eigenvalue weighted by Crippen LogP contribution is -2.26. The highest BCUT2D eigenvalue weighted by Gasteiger charge is 2.21. The van der Waals surface area contributed by atoms with Gasteiger partial charge in [-0.2, -0.15) is 0 Å². The summed E-state index contributed by atoms with van der Waals surface area (Å²) >= 11 is 0. The fourth-order valence-electron chi connectivity index (χ4n) is 2.74. The minimum atomic E-state index is -0.410. The van der Waals surface area contributed by atoms with Gasteiger partial charge in [0.1, 0.15) is 5.75 Å². The molecule has 23 heavy (non-hydrogen) atoms. The lowest BCUT2D eigenvalue weighted by atomic mass is 10.0. The van der Waals surface area contributed by atoms with E-state index in [2.05, 4.69) is 10.9 Å². The molecule has 1 aliphatic rings. The molecule has 1 heterocycles. The van der Waals surface area contributed by atoms with E-state index in [1.54, 1.807) is 12.1 Å². The van der Waals surface area contributed by atoms with Crippen molar-refractivity contribution in [1.29, 1.82) is 0 Å². The maximum absolute atomic E-state index is 10.9. The van der Waals surface area contributed by atoms with Crippen LogP contribution in [0, 0.1) is 24.0 Å². The highest BCUT2D eigenvalue weighted by molar-refractivity contribution is 5.72. The first kappa shape index (κ1) is 15.1. The average molecular weight is 311 g/mol. The number of hydrogen-bond acceptors (Lipinski definition) is 5. The van der Waals surface area contributed by atoms with Crippen LogP contribution in [0.5, 0.6) is 5.75 Å². The van der Waals surface area contributed by atoms with Crippen LogP contribution in [-0.4, -0.2) is 10.0 Å². The van der Waals surface area contributed by atoms with Crippen molar-refractivity contribution in [1.82, 2.24) is 10.9 Å². The Bertz CT molecular complexity index is 815. The molecule has 3 rings (SSSR count). The summed E-state index contributed by atoms with van der Waals surface area (Å²) < 4.78 is 0. The van der Waals surface area contributed by atoms with Crippen LogP contribution in [0.3, 0.4) is 0 Å². The number of hydrogen-bond donors (Lipinski definition) is 3. The molecule has 0 aliphatic carbocycles. The molecule has 0 bridgehead atoms. The van der Waals surface area contributed by atoms with Crippen LogP contribution in [-0.2, 0) is 0 Å². The summed E-state index contributed by atoms with van der Waals surface area (Å²) in [6.07, 6.45) is 1.91. The molecule has 0 saturated heterocycles. The third-order valence-electron chi connectivity index (χ3n) is 3.87. The van der Waals surface area contributed by atoms with Gasteiger partial charge in [-0.15, -0.1) is 0 Å². The molecule has 1 aliphatic heterocycles. The number of phenolic OH excluding ortho intramolecular Hbond substituents is 1. The molecule has 1 atom stereocenters. The molecule has 0 unspecified atom stereocenters. The maximum atomic E-state index is 10.9. The molecular weight excluding hydrogens is 294 g/mol. The van der Waals surface area contributed by atoms with Crippen LogP contribution in [0.25, 0.3) is 5.70 Å². The minimum Gasteiger partial charge on any atom is -0.507 e. The quantitative estimate of drug-likeness (QED) is 0.599. The topological polar surface area (TPSA) is 87.4 Å². The smallest absolute Gasteiger partial charge is 0.269 e. The Morgan fingerprint density at radius 1 is 1.22 bits per heavy atom. The number of aryl methyl sites for hydroxylation is 2. The normalized spacial score (nSPS) is 16.8. The zero-order valence-electron chi connectivity index (χ0n) is 12.8. The van der Waals surface area contributed by atoms with Crippen molar-refractivity contribution >= 4 is 11.4 Å². The van der Waals surface area contributed by atoms with Gasteiger partial charge in [-0.3, -0.25) is 10.1 Å². The van der Waals surface area contributed by atoms with E-state index in [-0.39, 0.29) is 17.5 Å². The number of nitrogens with one attached hydrogen (secondary N) is 2. The first-order valence-electron chi connectivity index (χ1n) is 7.24. The number of non-ortho nitro benzene ring substituents is 1. The summed E-state index contributed by atoms with van der Waals surface area (Å²) in [5, 5.41) is 21.2. The van der Waals surface area contributed by atoms with E-state index in [4.69, 9.17) is 0 Å². The van der Waals surface area contributed by atoms with Crippen LogP contribution >= 0.6 is 0 Å². The number of rotatable bonds is 3. The summed E-state index contributed by atoms with van der Waals surface area (Å²) in [5.74, 6) is 0.232. The van der Waals surface area contributed by atoms with Crippen molar-refractivity contribution in [3.63, 3.8) is 0 Å². The van der Waals surface area contributed by atoms with Gasteiger partial charge in [-0.25, -0.2) is 5.43 Å². The van der Waals surface area contributed by atoms with Gasteiger partial charge in [0.2, 0.25) is 0 Å². The summed E-state index contributed by atoms with van der Waals surface area (Å²) in [6.45, 7) is 3.82. The SMILES string of the molecule is Cc1cc(C)c(O)c(C2=C[C@H](c3cccc([N+](=O)[O-])c3)NN2)c1. The van der Waals surface area contributed by atoms with Crippen LogP contribution in [0.1, 0.15) is 28.3 Å². The molecule has 0 fully saturated rings. The molecule has 0 radical (unpaired) electrons. The molecule has 2 aromatic carbocycles. The third kappa shape index (κ3) is 2.89. The van der Waals surface area contributed by atoms with Gasteiger partial charge >= 0.3 is 0 Å². The van der Waals surface area contributed by atoms with E-state index < -0.39 is 4.92 Å². The second-order valence-electron chi connectivity index (χ2n) is 5.66. The number of aromatic hydroxyl groups is 1. The molecule has 118 valence electrons. The number of nitro groups is 1. The lowest BCUT2D eigenvalue weighted by Gasteiger charge is -2.11. The first-order valence-corrected chi connectivity index (χ1v) is 7.24. The molecule has 6 heteroatoms. The second-order valence-corrected chi connectivity index (χ2v) is 5.66. The molecule has 0 amide bonds. The van der Waals surface area contributed by atoms with Crippen molar-refractivity contribution in [3.05, 3.63) is 74.8 Å². The summed E-state index contributed by atoms with van der Waals surface area (Å²) in [6, 6.07) is 10.1. The monoisotopic (exact) mass is 311 g/mol. The van der Waals surface area contributed by atoms with Gasteiger partial charge in [0, 0.05) is 17.7 Å². The van der Waals surface area contributed by atoms with Gasteiger partial charge < -0.3 is 10.5 Å². The van der Waals surface area contributed by atoms with Crippen LogP contribution in [0.4, 0.5) is 5.69 Å². The van der Waals surface area contributed by atoms with E-state index in [0.717, 1.165) is 22.4 Å². The molecule has 6 nitrogen and oxygen atoms in total. The zero-order chi connectivity index (χ0) is 16.6. The van der Waals surface area contributed by atoms with Gasteiger partial charge in [0.15, 0.2) is 0 Å². The Balaban J connectivity index is 1.95. The zero-order valence-corrected chi connectivity index (χ0v) is 12.8. The molecule has 0 spiro atoms. The van der Waals surface area contributed by atoms with E-state index in [1.807, 2.05) is 38.1 Å². The van der Waals surface area contributed by atoms with Gasteiger partial charge in [-0.05, 0) is 42.7 Å². The lowest BCUT2D eigenvalue weighted by molar-refractivity contribution is -0.384. The van der Waals surface area contributed by atoms with E-state index in [1.165, 1.54) is 6.07 Å². The number of nitrogens with zero attached hydrogens (tertiary/aromatic N) is 1. The molecular formula is C17H17N3O3. The van der Waals surface area contributed by atoms with Crippen molar-refractivity contribution in [2.75, 3.05) is 0 Å². The van der Waals surface area contributed by atoms with Crippen LogP contribution in [0.2, 0.25) is 0 Å². The predicted molar refractivity (Wildman–Crippen MR) is 87.7 cm³/mol. The molecule has 3 N–H and O–H groups in total. The van der Waals surface area contributed by atoms with Crippen LogP contribution in [0.15, 0.2) is 42.5 Å². The fraction of sp³-hybridized carbons (Fsp3) is 0.176. The van der Waals surface area contributed by atoms with Crippen LogP contribution < -0.4 is 10.9 Å². The summed E-state index contributed by atoms with van der Waals surface area (Å²) in [5.41, 5.74) is 10.3. The maximum Gasteiger partial charge on any atom is 0.269 e. The predicted octanol–water partition coefficient (Wildman–Crippen LogP) is 3.11. The second kappa shape index (κ2) is 5.73. The van der Waals surface area contributed by atoms with Gasteiger partial charge in [-0.1, -0.05) is 18.2 Å².